The van der Waals surface area contributed by atoms with Crippen LogP contribution in [0.25, 0.3) is 0 Å². The van der Waals surface area contributed by atoms with Crippen molar-refractivity contribution in [3.05, 3.63) is 95.6 Å². The first-order valence-electron chi connectivity index (χ1n) is 10.5. The van der Waals surface area contributed by atoms with Gasteiger partial charge in [0.1, 0.15) is 0 Å². The van der Waals surface area contributed by atoms with Crippen LogP contribution >= 0.6 is 0 Å². The van der Waals surface area contributed by atoms with Gasteiger partial charge in [-0.1, -0.05) is 61.9 Å². The maximum absolute atomic E-state index is 13.4. The van der Waals surface area contributed by atoms with Crippen molar-refractivity contribution in [3.63, 3.8) is 0 Å². The third kappa shape index (κ3) is 4.04. The highest BCUT2D eigenvalue weighted by atomic mass is 16.2. The second kappa shape index (κ2) is 8.52. The molecule has 3 aromatic carbocycles. The smallest absolute Gasteiger partial charge is 0.258 e. The summed E-state index contributed by atoms with van der Waals surface area (Å²) in [6.07, 6.45) is 3.02. The number of para-hydroxylation sites is 2. The Balaban J connectivity index is 1.63. The van der Waals surface area contributed by atoms with Crippen molar-refractivity contribution < 1.29 is 4.79 Å². The highest BCUT2D eigenvalue weighted by Gasteiger charge is 2.34. The molecular weight excluding hydrogens is 356 g/mol. The van der Waals surface area contributed by atoms with Gasteiger partial charge in [0.05, 0.1) is 6.04 Å². The zero-order valence-corrected chi connectivity index (χ0v) is 17.1. The molecule has 1 heterocycles. The fourth-order valence-electron chi connectivity index (χ4n) is 4.24. The average Bonchev–Trinajstić information content (AvgIpc) is 2.75. The molecule has 148 valence electrons. The van der Waals surface area contributed by atoms with E-state index in [1.807, 2.05) is 41.3 Å². The summed E-state index contributed by atoms with van der Waals surface area (Å²) in [5, 5.41) is 3.65. The predicted octanol–water partition coefficient (Wildman–Crippen LogP) is 6.23. The van der Waals surface area contributed by atoms with Crippen LogP contribution < -0.4 is 10.2 Å². The molecule has 3 heteroatoms. The van der Waals surface area contributed by atoms with Gasteiger partial charge in [0.25, 0.3) is 5.91 Å². The van der Waals surface area contributed by atoms with Gasteiger partial charge < -0.3 is 10.2 Å². The molecule has 3 nitrogen and oxygen atoms in total. The minimum Gasteiger partial charge on any atom is -0.378 e. The number of hydrogen-bond donors (Lipinski definition) is 1. The monoisotopic (exact) mass is 384 g/mol. The lowest BCUT2D eigenvalue weighted by Gasteiger charge is -2.40. The first-order chi connectivity index (χ1) is 14.2. The Bertz CT molecular complexity index is 966. The van der Waals surface area contributed by atoms with Crippen LogP contribution in [0.4, 0.5) is 11.4 Å². The lowest BCUT2D eigenvalue weighted by molar-refractivity contribution is 0.0974. The molecule has 0 aromatic heterocycles. The molecule has 4 rings (SSSR count). The van der Waals surface area contributed by atoms with E-state index in [-0.39, 0.29) is 18.0 Å². The minimum atomic E-state index is 0.0751. The van der Waals surface area contributed by atoms with Crippen molar-refractivity contribution in [2.45, 2.75) is 45.2 Å². The zero-order chi connectivity index (χ0) is 20.2. The average molecular weight is 385 g/mol. The summed E-state index contributed by atoms with van der Waals surface area (Å²) in [4.78, 5) is 15.4. The summed E-state index contributed by atoms with van der Waals surface area (Å²) in [5.74, 6) is 0.0751. The summed E-state index contributed by atoms with van der Waals surface area (Å²) in [6.45, 7) is 4.31. The number of carbonyl (C=O) groups excluding carboxylic acids is 1. The van der Waals surface area contributed by atoms with E-state index in [0.717, 1.165) is 36.2 Å². The third-order valence-electron chi connectivity index (χ3n) is 5.66. The van der Waals surface area contributed by atoms with Crippen molar-refractivity contribution in [1.29, 1.82) is 0 Å². The number of rotatable bonds is 5. The number of nitrogens with zero attached hydrogens (tertiary/aromatic N) is 1. The molecular formula is C26H28N2O. The number of amides is 1. The van der Waals surface area contributed by atoms with Crippen molar-refractivity contribution in [1.82, 2.24) is 0 Å². The normalized spacial score (nSPS) is 18.2. The Labute approximate surface area is 173 Å². The molecule has 0 saturated heterocycles. The third-order valence-corrected chi connectivity index (χ3v) is 5.66. The van der Waals surface area contributed by atoms with Crippen LogP contribution in [0.1, 0.15) is 54.2 Å². The van der Waals surface area contributed by atoms with E-state index in [0.29, 0.717) is 0 Å². The van der Waals surface area contributed by atoms with Gasteiger partial charge in [0.2, 0.25) is 0 Å². The second-order valence-corrected chi connectivity index (χ2v) is 7.83. The van der Waals surface area contributed by atoms with E-state index in [2.05, 4.69) is 61.6 Å². The topological polar surface area (TPSA) is 32.3 Å². The van der Waals surface area contributed by atoms with Gasteiger partial charge in [0, 0.05) is 23.0 Å². The van der Waals surface area contributed by atoms with Crippen molar-refractivity contribution in [2.24, 2.45) is 0 Å². The van der Waals surface area contributed by atoms with Crippen LogP contribution in [0.3, 0.4) is 0 Å². The van der Waals surface area contributed by atoms with E-state index in [1.165, 1.54) is 11.1 Å². The van der Waals surface area contributed by atoms with Gasteiger partial charge >= 0.3 is 0 Å². The number of carbonyl (C=O) groups is 1. The van der Waals surface area contributed by atoms with Gasteiger partial charge in [-0.15, -0.1) is 0 Å². The first-order valence-corrected chi connectivity index (χ1v) is 10.5. The maximum atomic E-state index is 13.4. The van der Waals surface area contributed by atoms with Gasteiger partial charge in [-0.3, -0.25) is 4.79 Å². The summed E-state index contributed by atoms with van der Waals surface area (Å²) in [7, 11) is 0. The highest BCUT2D eigenvalue weighted by Crippen LogP contribution is 2.39. The van der Waals surface area contributed by atoms with Gasteiger partial charge in [-0.2, -0.15) is 0 Å². The maximum Gasteiger partial charge on any atom is 0.258 e. The van der Waals surface area contributed by atoms with Crippen molar-refractivity contribution >= 4 is 17.3 Å². The fourth-order valence-corrected chi connectivity index (χ4v) is 4.24. The number of hydrogen-bond acceptors (Lipinski definition) is 2. The van der Waals surface area contributed by atoms with Crippen molar-refractivity contribution in [2.75, 3.05) is 10.2 Å². The Kier molecular flexibility index (Phi) is 5.66. The van der Waals surface area contributed by atoms with Gasteiger partial charge in [-0.05, 0) is 61.2 Å². The van der Waals surface area contributed by atoms with Crippen LogP contribution in [0, 0.1) is 0 Å². The van der Waals surface area contributed by atoms with Crippen LogP contribution in [-0.4, -0.2) is 11.9 Å². The van der Waals surface area contributed by atoms with E-state index in [1.54, 1.807) is 0 Å². The van der Waals surface area contributed by atoms with Crippen LogP contribution in [-0.2, 0) is 6.42 Å². The molecule has 0 unspecified atom stereocenters. The van der Waals surface area contributed by atoms with E-state index < -0.39 is 0 Å². The van der Waals surface area contributed by atoms with Gasteiger partial charge in [-0.25, -0.2) is 0 Å². The standard InChI is InChI=1S/C26H28N2O/c1-3-9-20-14-16-21(17-15-20)26(29)28-19(2)18-24(23-12-7-8-13-25(23)28)27-22-10-5-4-6-11-22/h4-8,10-17,19,24,27H,3,9,18H2,1-2H3/t19-,24-/m0/s1. The number of fused-ring (bicyclic) bond motifs is 1. The summed E-state index contributed by atoms with van der Waals surface area (Å²) in [6, 6.07) is 26.9. The first kappa shape index (κ1) is 19.3. The van der Waals surface area contributed by atoms with Gasteiger partial charge in [0.15, 0.2) is 0 Å². The molecule has 0 aliphatic carbocycles. The van der Waals surface area contributed by atoms with E-state index in [9.17, 15) is 4.79 Å². The molecule has 2 atom stereocenters. The lowest BCUT2D eigenvalue weighted by Crippen LogP contribution is -2.44. The number of nitrogens with one attached hydrogen (secondary N) is 1. The molecule has 3 aromatic rings. The Morgan fingerprint density at radius 1 is 0.966 bits per heavy atom. The Morgan fingerprint density at radius 3 is 2.38 bits per heavy atom. The number of benzene rings is 3. The number of anilines is 2. The molecule has 29 heavy (non-hydrogen) atoms. The molecule has 1 N–H and O–H groups in total. The summed E-state index contributed by atoms with van der Waals surface area (Å²) in [5.41, 5.74) is 5.31. The molecule has 0 bridgehead atoms. The SMILES string of the molecule is CCCc1ccc(C(=O)N2c3ccccc3[C@@H](Nc3ccccc3)C[C@@H]2C)cc1. The Morgan fingerprint density at radius 2 is 1.66 bits per heavy atom. The molecule has 0 saturated carbocycles. The summed E-state index contributed by atoms with van der Waals surface area (Å²) >= 11 is 0. The number of aryl methyl sites for hydroxylation is 1. The quantitative estimate of drug-likeness (QED) is 0.565. The summed E-state index contributed by atoms with van der Waals surface area (Å²) < 4.78 is 0. The van der Waals surface area contributed by atoms with Crippen LogP contribution in [0.2, 0.25) is 0 Å². The second-order valence-electron chi connectivity index (χ2n) is 7.83. The highest BCUT2D eigenvalue weighted by molar-refractivity contribution is 6.07. The Hall–Kier alpha value is -3.07. The molecule has 0 radical (unpaired) electrons. The van der Waals surface area contributed by atoms with Crippen LogP contribution in [0.5, 0.6) is 0 Å². The zero-order valence-electron chi connectivity index (χ0n) is 17.1. The van der Waals surface area contributed by atoms with E-state index >= 15 is 0 Å². The molecule has 1 aliphatic rings. The molecule has 1 aliphatic heterocycles. The molecule has 1 amide bonds. The van der Waals surface area contributed by atoms with Crippen LogP contribution in [0.15, 0.2) is 78.9 Å². The molecule has 0 spiro atoms. The predicted molar refractivity (Wildman–Crippen MR) is 121 cm³/mol. The minimum absolute atomic E-state index is 0.0751. The largest absolute Gasteiger partial charge is 0.378 e. The fraction of sp³-hybridized carbons (Fsp3) is 0.269. The van der Waals surface area contributed by atoms with Crippen molar-refractivity contribution in [3.8, 4) is 0 Å². The van der Waals surface area contributed by atoms with E-state index in [4.69, 9.17) is 0 Å². The lowest BCUT2D eigenvalue weighted by atomic mass is 9.90. The molecule has 0 fully saturated rings.